The fourth-order valence-corrected chi connectivity index (χ4v) is 6.69. The zero-order valence-electron chi connectivity index (χ0n) is 11.3. The van der Waals surface area contributed by atoms with Crippen molar-refractivity contribution >= 4 is 139 Å². The molecule has 0 N–H and O–H groups in total. The van der Waals surface area contributed by atoms with Crippen molar-refractivity contribution in [1.82, 2.24) is 0 Å². The van der Waals surface area contributed by atoms with Crippen LogP contribution in [-0.4, -0.2) is 6.54 Å². The van der Waals surface area contributed by atoms with Crippen molar-refractivity contribution in [2.24, 2.45) is 0 Å². The van der Waals surface area contributed by atoms with Crippen LogP contribution in [0.15, 0.2) is 40.4 Å². The van der Waals surface area contributed by atoms with Crippen LogP contribution >= 0.6 is 127 Å². The largest absolute Gasteiger partial charge is 0.431 e. The van der Waals surface area contributed by atoms with Gasteiger partial charge in [-0.25, -0.2) is 0 Å². The molecule has 0 fully saturated rings. The summed E-state index contributed by atoms with van der Waals surface area (Å²) >= 11 is 28.7. The summed E-state index contributed by atoms with van der Waals surface area (Å²) in [6, 6.07) is 0. The average Bonchev–Trinajstić information content (AvgIpc) is 2.78. The minimum atomic E-state index is 0.642. The maximum atomic E-state index is 5.90. The van der Waals surface area contributed by atoms with Crippen LogP contribution in [0, 0.1) is 0 Å². The molecule has 0 amide bonds. The van der Waals surface area contributed by atoms with Gasteiger partial charge < -0.3 is 9.32 Å². The maximum Gasteiger partial charge on any atom is 0.217 e. The summed E-state index contributed by atoms with van der Waals surface area (Å²) in [5.41, 5.74) is 0.961. The number of hydrogen-bond donors (Lipinski definition) is 0. The molecule has 10 heteroatoms. The van der Waals surface area contributed by atoms with Crippen molar-refractivity contribution < 1.29 is 4.42 Å². The maximum absolute atomic E-state index is 5.90. The molecule has 0 saturated carbocycles. The van der Waals surface area contributed by atoms with Crippen LogP contribution in [0.2, 0.25) is 0 Å². The van der Waals surface area contributed by atoms with Crippen molar-refractivity contribution in [1.29, 1.82) is 0 Å². The van der Waals surface area contributed by atoms with Gasteiger partial charge in [-0.1, -0.05) is 6.92 Å². The van der Waals surface area contributed by atoms with Gasteiger partial charge in [-0.15, -0.1) is 0 Å². The Hall–Kier alpha value is 2.14. The lowest BCUT2D eigenvalue weighted by Crippen LogP contribution is -2.19. The van der Waals surface area contributed by atoms with Crippen LogP contribution in [0.4, 0.5) is 11.6 Å². The second-order valence-electron chi connectivity index (χ2n) is 4.38. The third-order valence-corrected chi connectivity index (χ3v) is 12.1. The van der Waals surface area contributed by atoms with Gasteiger partial charge in [0.15, 0.2) is 4.67 Å². The van der Waals surface area contributed by atoms with E-state index in [4.69, 9.17) is 4.42 Å². The Balaban J connectivity index is 2.75. The second-order valence-corrected chi connectivity index (χ2v) is 10.7. The second kappa shape index (κ2) is 8.89. The zero-order chi connectivity index (χ0) is 17.5. The highest BCUT2D eigenvalue weighted by molar-refractivity contribution is 9.16. The van der Waals surface area contributed by atoms with Crippen LogP contribution in [0.3, 0.4) is 0 Å². The van der Waals surface area contributed by atoms with Crippen LogP contribution in [0.25, 0.3) is 0 Å². The van der Waals surface area contributed by atoms with E-state index in [0.29, 0.717) is 10.6 Å². The van der Waals surface area contributed by atoms with E-state index in [1.165, 1.54) is 0 Å². The molecular weight excluding hydrogens is 825 g/mol. The molecule has 0 unspecified atom stereocenters. The first-order valence-electron chi connectivity index (χ1n) is 6.14. The molecule has 0 atom stereocenters. The molecular formula is C13H7Br8NO. The smallest absolute Gasteiger partial charge is 0.217 e. The van der Waals surface area contributed by atoms with Gasteiger partial charge in [0, 0.05) is 20.0 Å². The summed E-state index contributed by atoms with van der Waals surface area (Å²) in [7, 11) is 0. The Labute approximate surface area is 201 Å². The predicted octanol–water partition coefficient (Wildman–Crippen LogP) is 9.93. The molecule has 1 aromatic heterocycles. The van der Waals surface area contributed by atoms with Gasteiger partial charge in [-0.3, -0.25) is 0 Å². The Morgan fingerprint density at radius 1 is 0.696 bits per heavy atom. The summed E-state index contributed by atoms with van der Waals surface area (Å²) in [4.78, 5) is 2.11. The average molecular weight is 832 g/mol. The lowest BCUT2D eigenvalue weighted by atomic mass is 10.2. The fourth-order valence-electron chi connectivity index (χ4n) is 1.90. The first-order chi connectivity index (χ1) is 10.7. The van der Waals surface area contributed by atoms with Gasteiger partial charge in [0.05, 0.1) is 23.6 Å². The molecule has 1 heterocycles. The van der Waals surface area contributed by atoms with Gasteiger partial charge >= 0.3 is 0 Å². The van der Waals surface area contributed by atoms with E-state index < -0.39 is 0 Å². The van der Waals surface area contributed by atoms with Gasteiger partial charge in [0.25, 0.3) is 0 Å². The van der Waals surface area contributed by atoms with Gasteiger partial charge in [-0.2, -0.15) is 0 Å². The third kappa shape index (κ3) is 4.19. The molecule has 0 aliphatic carbocycles. The number of halogens is 8. The molecule has 0 aliphatic heterocycles. The highest BCUT2D eigenvalue weighted by Crippen LogP contribution is 2.52. The molecule has 0 radical (unpaired) electrons. The Kier molecular flexibility index (Phi) is 8.28. The lowest BCUT2D eigenvalue weighted by Gasteiger charge is -2.26. The van der Waals surface area contributed by atoms with E-state index in [-0.39, 0.29) is 0 Å². The van der Waals surface area contributed by atoms with Gasteiger partial charge in [0.2, 0.25) is 5.88 Å². The summed E-state index contributed by atoms with van der Waals surface area (Å²) in [6.45, 7) is 2.90. The number of rotatable bonds is 4. The Bertz CT molecular complexity index is 728. The molecule has 0 bridgehead atoms. The van der Waals surface area contributed by atoms with E-state index in [1.807, 2.05) is 0 Å². The third-order valence-electron chi connectivity index (χ3n) is 2.89. The van der Waals surface area contributed by atoms with Crippen LogP contribution in [0.1, 0.15) is 13.3 Å². The van der Waals surface area contributed by atoms with E-state index in [0.717, 1.165) is 50.0 Å². The lowest BCUT2D eigenvalue weighted by molar-refractivity contribution is 0.534. The number of hydrogen-bond acceptors (Lipinski definition) is 2. The quantitative estimate of drug-likeness (QED) is 0.226. The van der Waals surface area contributed by atoms with E-state index in [2.05, 4.69) is 139 Å². The van der Waals surface area contributed by atoms with Crippen LogP contribution in [-0.2, 0) is 0 Å². The summed E-state index contributed by atoms with van der Waals surface area (Å²) in [6.07, 6.45) is 0.951. The molecule has 0 spiro atoms. The minimum absolute atomic E-state index is 0.642. The van der Waals surface area contributed by atoms with Gasteiger partial charge in [0.1, 0.15) is 0 Å². The first kappa shape index (κ1) is 21.4. The van der Waals surface area contributed by atoms with Crippen molar-refractivity contribution in [2.45, 2.75) is 13.3 Å². The van der Waals surface area contributed by atoms with E-state index in [9.17, 15) is 0 Å². The van der Waals surface area contributed by atoms with Crippen molar-refractivity contribution in [3.8, 4) is 0 Å². The number of anilines is 2. The SMILES string of the molecule is CCCN(c1oc(Br)c(Br)c1Br)c1c(Br)c(Br)c(Br)c(Br)c1Br. The molecule has 0 aliphatic rings. The monoisotopic (exact) mass is 824 g/mol. The summed E-state index contributed by atoms with van der Waals surface area (Å²) in [5.74, 6) is 0.716. The predicted molar refractivity (Wildman–Crippen MR) is 124 cm³/mol. The van der Waals surface area contributed by atoms with E-state index in [1.54, 1.807) is 0 Å². The number of furan rings is 1. The minimum Gasteiger partial charge on any atom is -0.431 e. The Morgan fingerprint density at radius 2 is 1.17 bits per heavy atom. The molecule has 1 aromatic carbocycles. The van der Waals surface area contributed by atoms with Gasteiger partial charge in [-0.05, 0) is 134 Å². The highest BCUT2D eigenvalue weighted by Gasteiger charge is 2.27. The summed E-state index contributed by atoms with van der Waals surface area (Å²) in [5, 5.41) is 0. The highest BCUT2D eigenvalue weighted by atomic mass is 79.9. The molecule has 2 rings (SSSR count). The standard InChI is InChI=1S/C13H7Br8NO/c1-2-3-22(13-10(20)9(19)12(21)23-13)11-7(17)5(15)4(14)6(16)8(11)18/h2-3H2,1H3. The molecule has 23 heavy (non-hydrogen) atoms. The topological polar surface area (TPSA) is 16.4 Å². The first-order valence-corrected chi connectivity index (χ1v) is 12.5. The summed E-state index contributed by atoms with van der Waals surface area (Å²) < 4.78 is 12.8. The molecule has 2 aromatic rings. The fraction of sp³-hybridized carbons (Fsp3) is 0.231. The Morgan fingerprint density at radius 3 is 1.57 bits per heavy atom. The molecule has 2 nitrogen and oxygen atoms in total. The van der Waals surface area contributed by atoms with Crippen molar-refractivity contribution in [3.05, 3.63) is 36.0 Å². The van der Waals surface area contributed by atoms with E-state index >= 15 is 0 Å². The zero-order valence-corrected chi connectivity index (χ0v) is 24.0. The van der Waals surface area contributed by atoms with Crippen LogP contribution in [0.5, 0.6) is 0 Å². The van der Waals surface area contributed by atoms with Crippen molar-refractivity contribution in [2.75, 3.05) is 11.4 Å². The van der Waals surface area contributed by atoms with Crippen LogP contribution < -0.4 is 4.90 Å². The molecule has 126 valence electrons. The number of nitrogens with zero attached hydrogens (tertiary/aromatic N) is 1. The molecule has 0 saturated heterocycles. The number of benzene rings is 1. The normalized spacial score (nSPS) is 11.2. The van der Waals surface area contributed by atoms with Crippen molar-refractivity contribution in [3.63, 3.8) is 0 Å².